The van der Waals surface area contributed by atoms with Crippen molar-refractivity contribution >= 4 is 17.6 Å². The number of nitrogens with one attached hydrogen (secondary N) is 1. The number of ether oxygens (including phenoxy) is 1. The molecule has 0 aromatic heterocycles. The second-order valence-electron chi connectivity index (χ2n) is 9.16. The second-order valence-corrected chi connectivity index (χ2v) is 9.16. The Labute approximate surface area is 198 Å². The lowest BCUT2D eigenvalue weighted by Crippen LogP contribution is -2.40. The first-order valence-corrected chi connectivity index (χ1v) is 11.4. The van der Waals surface area contributed by atoms with E-state index in [1.807, 2.05) is 12.1 Å². The molecule has 0 heterocycles. The van der Waals surface area contributed by atoms with Gasteiger partial charge in [0.15, 0.2) is 6.04 Å². The minimum absolute atomic E-state index is 0.0426. The van der Waals surface area contributed by atoms with Gasteiger partial charge in [0, 0.05) is 30.6 Å². The zero-order valence-electron chi connectivity index (χ0n) is 19.9. The molecule has 0 bridgehead atoms. The van der Waals surface area contributed by atoms with E-state index in [0.29, 0.717) is 10.6 Å². The molecule has 34 heavy (non-hydrogen) atoms. The van der Waals surface area contributed by atoms with Gasteiger partial charge in [0.05, 0.1) is 13.0 Å². The smallest absolute Gasteiger partial charge is 0.413 e. The Hall–Kier alpha value is -3.03. The average Bonchev–Trinajstić information content (AvgIpc) is 3.02. The number of alkyl halides is 3. The van der Waals surface area contributed by atoms with Crippen LogP contribution in [0.25, 0.3) is 0 Å². The Morgan fingerprint density at radius 2 is 1.76 bits per heavy atom. The summed E-state index contributed by atoms with van der Waals surface area (Å²) in [7, 11) is 1.11. The molecule has 0 radical (unpaired) electrons. The van der Waals surface area contributed by atoms with Gasteiger partial charge >= 0.3 is 12.1 Å². The molecule has 2 aromatic carbocycles. The highest BCUT2D eigenvalue weighted by Gasteiger charge is 2.45. The van der Waals surface area contributed by atoms with E-state index in [-0.39, 0.29) is 36.5 Å². The number of amides is 1. The first-order valence-electron chi connectivity index (χ1n) is 11.4. The van der Waals surface area contributed by atoms with Gasteiger partial charge in [-0.3, -0.25) is 9.59 Å². The number of fused-ring (bicyclic) bond motifs is 1. The van der Waals surface area contributed by atoms with E-state index < -0.39 is 24.1 Å². The van der Waals surface area contributed by atoms with E-state index in [4.69, 9.17) is 4.74 Å². The molecule has 0 aliphatic heterocycles. The summed E-state index contributed by atoms with van der Waals surface area (Å²) >= 11 is 0. The minimum Gasteiger partial charge on any atom is -0.466 e. The highest BCUT2D eigenvalue weighted by molar-refractivity contribution is 5.81. The lowest BCUT2D eigenvalue weighted by Gasteiger charge is -2.31. The fourth-order valence-electron chi connectivity index (χ4n) is 4.58. The minimum atomic E-state index is -4.67. The molecule has 1 aliphatic rings. The third-order valence-electron chi connectivity index (χ3n) is 6.51. The summed E-state index contributed by atoms with van der Waals surface area (Å²) in [4.78, 5) is 24.5. The predicted octanol–water partition coefficient (Wildman–Crippen LogP) is 5.41. The highest BCUT2D eigenvalue weighted by atomic mass is 19.4. The van der Waals surface area contributed by atoms with Crippen LogP contribution in [0.4, 0.5) is 18.9 Å². The molecule has 2 atom stereocenters. The molecule has 1 aliphatic carbocycles. The quantitative estimate of drug-likeness (QED) is 0.518. The van der Waals surface area contributed by atoms with E-state index in [9.17, 15) is 22.8 Å². The van der Waals surface area contributed by atoms with Gasteiger partial charge in [-0.05, 0) is 42.2 Å². The third kappa shape index (κ3) is 5.54. The van der Waals surface area contributed by atoms with Crippen LogP contribution in [0.5, 0.6) is 0 Å². The summed E-state index contributed by atoms with van der Waals surface area (Å²) in [6, 6.07) is 12.2. The average molecular weight is 477 g/mol. The third-order valence-corrected chi connectivity index (χ3v) is 6.51. The van der Waals surface area contributed by atoms with Gasteiger partial charge in [-0.25, -0.2) is 0 Å². The summed E-state index contributed by atoms with van der Waals surface area (Å²) in [5, 5.41) is 3.47. The molecular formula is C26H31F3N2O3. The molecule has 1 N–H and O–H groups in total. The van der Waals surface area contributed by atoms with Crippen LogP contribution in [-0.4, -0.2) is 42.6 Å². The molecule has 0 fully saturated rings. The van der Waals surface area contributed by atoms with Crippen molar-refractivity contribution in [3.8, 4) is 0 Å². The fourth-order valence-corrected chi connectivity index (χ4v) is 4.58. The molecular weight excluding hydrogens is 445 g/mol. The fraction of sp³-hybridized carbons (Fsp3) is 0.462. The molecule has 2 unspecified atom stereocenters. The van der Waals surface area contributed by atoms with Crippen LogP contribution in [0.3, 0.4) is 0 Å². The second kappa shape index (κ2) is 10.1. The van der Waals surface area contributed by atoms with E-state index >= 15 is 0 Å². The van der Waals surface area contributed by atoms with Crippen molar-refractivity contribution in [2.75, 3.05) is 19.0 Å². The van der Waals surface area contributed by atoms with Crippen LogP contribution in [-0.2, 0) is 26.2 Å². The Morgan fingerprint density at radius 3 is 2.35 bits per heavy atom. The first kappa shape index (κ1) is 25.6. The van der Waals surface area contributed by atoms with Gasteiger partial charge in [-0.1, -0.05) is 50.2 Å². The molecule has 184 valence electrons. The van der Waals surface area contributed by atoms with Crippen molar-refractivity contribution in [3.63, 3.8) is 0 Å². The molecule has 2 aromatic rings. The number of carbonyl (C=O) groups is 2. The van der Waals surface area contributed by atoms with Crippen molar-refractivity contribution < 1.29 is 27.5 Å². The Balaban J connectivity index is 1.73. The van der Waals surface area contributed by atoms with Gasteiger partial charge in [0.25, 0.3) is 0 Å². The Bertz CT molecular complexity index is 1020. The predicted molar refractivity (Wildman–Crippen MR) is 124 cm³/mol. The Morgan fingerprint density at radius 1 is 1.12 bits per heavy atom. The number of carbonyl (C=O) groups excluding carboxylic acids is 2. The molecule has 0 spiro atoms. The molecule has 8 heteroatoms. The van der Waals surface area contributed by atoms with Crippen LogP contribution in [0, 0.1) is 0 Å². The normalized spacial score (nSPS) is 17.6. The van der Waals surface area contributed by atoms with Gasteiger partial charge < -0.3 is 15.0 Å². The maximum atomic E-state index is 13.9. The summed E-state index contributed by atoms with van der Waals surface area (Å²) in [5.74, 6) is -1.39. The van der Waals surface area contributed by atoms with Gasteiger partial charge in [-0.2, -0.15) is 13.2 Å². The Kier molecular flexibility index (Phi) is 7.58. The number of nitrogens with zero attached hydrogens (tertiary/aromatic N) is 1. The van der Waals surface area contributed by atoms with Gasteiger partial charge in [-0.15, -0.1) is 0 Å². The standard InChI is InChI=1S/C26H31F3N2O3/c1-5-34-23(33)15-14-22(32)31(4)24(26(27,28)29)17-10-12-19(13-11-17)30-21-16-18-8-6-7-9-20(18)25(21,2)3/h6-13,21,24,30H,5,14-16H2,1-4H3. The highest BCUT2D eigenvalue weighted by Crippen LogP contribution is 2.41. The molecule has 3 rings (SSSR count). The van der Waals surface area contributed by atoms with Crippen LogP contribution < -0.4 is 5.32 Å². The zero-order valence-corrected chi connectivity index (χ0v) is 19.9. The van der Waals surface area contributed by atoms with E-state index in [2.05, 4.69) is 31.3 Å². The monoisotopic (exact) mass is 476 g/mol. The lowest BCUT2D eigenvalue weighted by molar-refractivity contribution is -0.189. The van der Waals surface area contributed by atoms with Gasteiger partial charge in [0.2, 0.25) is 5.91 Å². The molecule has 1 amide bonds. The van der Waals surface area contributed by atoms with Crippen molar-refractivity contribution in [2.45, 2.75) is 63.7 Å². The van der Waals surface area contributed by atoms with Crippen LogP contribution in [0.2, 0.25) is 0 Å². The van der Waals surface area contributed by atoms with E-state index in [1.54, 1.807) is 19.1 Å². The maximum absolute atomic E-state index is 13.9. The number of anilines is 1. The first-order chi connectivity index (χ1) is 15.9. The number of rotatable bonds is 8. The SMILES string of the molecule is CCOC(=O)CCC(=O)N(C)C(c1ccc(NC2Cc3ccccc3C2(C)C)cc1)C(F)(F)F. The van der Waals surface area contributed by atoms with E-state index in [1.165, 1.54) is 23.3 Å². The van der Waals surface area contributed by atoms with Crippen molar-refractivity contribution in [1.29, 1.82) is 0 Å². The topological polar surface area (TPSA) is 58.6 Å². The number of hydrogen-bond donors (Lipinski definition) is 1. The van der Waals surface area contributed by atoms with Crippen LogP contribution in [0.1, 0.15) is 56.3 Å². The number of benzene rings is 2. The maximum Gasteiger partial charge on any atom is 0.413 e. The zero-order chi connectivity index (χ0) is 25.1. The van der Waals surface area contributed by atoms with Gasteiger partial charge in [0.1, 0.15) is 0 Å². The number of hydrogen-bond acceptors (Lipinski definition) is 4. The summed E-state index contributed by atoms with van der Waals surface area (Å²) in [6.45, 7) is 6.08. The summed E-state index contributed by atoms with van der Waals surface area (Å²) in [5.41, 5.74) is 3.08. The van der Waals surface area contributed by atoms with Crippen molar-refractivity contribution in [3.05, 3.63) is 65.2 Å². The molecule has 0 saturated heterocycles. The van der Waals surface area contributed by atoms with Crippen molar-refractivity contribution in [2.24, 2.45) is 0 Å². The summed E-state index contributed by atoms with van der Waals surface area (Å²) in [6.07, 6.45) is -4.45. The lowest BCUT2D eigenvalue weighted by atomic mass is 9.83. The number of halogens is 3. The number of esters is 1. The van der Waals surface area contributed by atoms with Crippen LogP contribution >= 0.6 is 0 Å². The van der Waals surface area contributed by atoms with Crippen molar-refractivity contribution in [1.82, 2.24) is 4.90 Å². The summed E-state index contributed by atoms with van der Waals surface area (Å²) < 4.78 is 46.5. The molecule has 5 nitrogen and oxygen atoms in total. The largest absolute Gasteiger partial charge is 0.466 e. The molecule has 0 saturated carbocycles. The van der Waals surface area contributed by atoms with Crippen LogP contribution in [0.15, 0.2) is 48.5 Å². The van der Waals surface area contributed by atoms with E-state index in [0.717, 1.165) is 13.5 Å².